The Morgan fingerprint density at radius 1 is 1.47 bits per heavy atom. The number of urea groups is 1. The molecule has 1 aliphatic rings. The molecule has 0 spiro atoms. The predicted molar refractivity (Wildman–Crippen MR) is 66.7 cm³/mol. The maximum absolute atomic E-state index is 12.0. The Kier molecular flexibility index (Phi) is 5.43. The molecule has 1 fully saturated rings. The number of esters is 1. The summed E-state index contributed by atoms with van der Waals surface area (Å²) in [5, 5.41) is 12.5. The Morgan fingerprint density at radius 2 is 2.16 bits per heavy atom. The van der Waals surface area contributed by atoms with Crippen LogP contribution in [0.1, 0.15) is 20.3 Å². The highest BCUT2D eigenvalue weighted by molar-refractivity contribution is 6.19. The molecule has 1 rings (SSSR count). The van der Waals surface area contributed by atoms with E-state index < -0.39 is 23.9 Å². The fraction of sp³-hybridized carbons (Fsp3) is 0.636. The monoisotopic (exact) mass is 270 g/mol. The molecular formula is C11H18N4O4. The van der Waals surface area contributed by atoms with Crippen LogP contribution in [-0.2, 0) is 14.3 Å². The number of amidine groups is 1. The van der Waals surface area contributed by atoms with E-state index >= 15 is 0 Å². The third kappa shape index (κ3) is 3.75. The number of hydrogen-bond donors (Lipinski definition) is 3. The van der Waals surface area contributed by atoms with Crippen LogP contribution in [0.3, 0.4) is 0 Å². The van der Waals surface area contributed by atoms with Gasteiger partial charge in [-0.15, -0.1) is 0 Å². The van der Waals surface area contributed by atoms with Gasteiger partial charge in [-0.25, -0.2) is 4.79 Å². The van der Waals surface area contributed by atoms with Crippen molar-refractivity contribution in [1.29, 1.82) is 5.41 Å². The van der Waals surface area contributed by atoms with E-state index in [1.165, 1.54) is 0 Å². The van der Waals surface area contributed by atoms with E-state index in [0.29, 0.717) is 6.42 Å². The maximum atomic E-state index is 12.0. The second-order valence-corrected chi connectivity index (χ2v) is 3.95. The van der Waals surface area contributed by atoms with E-state index in [-0.39, 0.29) is 25.5 Å². The summed E-state index contributed by atoms with van der Waals surface area (Å²) in [6, 6.07) is -1.63. The lowest BCUT2D eigenvalue weighted by molar-refractivity contribution is -0.142. The van der Waals surface area contributed by atoms with Gasteiger partial charge in [0.15, 0.2) is 0 Å². The zero-order chi connectivity index (χ0) is 14.4. The third-order valence-corrected chi connectivity index (χ3v) is 2.49. The molecule has 106 valence electrons. The highest BCUT2D eigenvalue weighted by atomic mass is 16.5. The van der Waals surface area contributed by atoms with Crippen molar-refractivity contribution in [3.05, 3.63) is 0 Å². The predicted octanol–water partition coefficient (Wildman–Crippen LogP) is -0.553. The minimum Gasteiger partial charge on any atom is -0.465 e. The van der Waals surface area contributed by atoms with Gasteiger partial charge >= 0.3 is 12.0 Å². The molecule has 1 atom stereocenters. The van der Waals surface area contributed by atoms with Crippen molar-refractivity contribution in [3.63, 3.8) is 0 Å². The minimum absolute atomic E-state index is 0.192. The topological polar surface area (TPSA) is 112 Å². The Balaban J connectivity index is 2.65. The van der Waals surface area contributed by atoms with Crippen LogP contribution in [0.15, 0.2) is 0 Å². The molecule has 1 heterocycles. The summed E-state index contributed by atoms with van der Waals surface area (Å²) in [4.78, 5) is 35.8. The molecule has 3 N–H and O–H groups in total. The number of nitrogens with one attached hydrogen (secondary N) is 3. The number of amides is 3. The average Bonchev–Trinajstić information content (AvgIpc) is 2.34. The number of nitrogens with zero attached hydrogens (tertiary/aromatic N) is 1. The number of imide groups is 1. The van der Waals surface area contributed by atoms with Crippen molar-refractivity contribution in [2.24, 2.45) is 0 Å². The number of hydrogen-bond acceptors (Lipinski definition) is 6. The van der Waals surface area contributed by atoms with E-state index in [9.17, 15) is 14.4 Å². The van der Waals surface area contributed by atoms with Gasteiger partial charge in [-0.05, 0) is 13.3 Å². The van der Waals surface area contributed by atoms with Crippen LogP contribution in [0.5, 0.6) is 0 Å². The third-order valence-electron chi connectivity index (χ3n) is 2.49. The lowest BCUT2D eigenvalue weighted by Gasteiger charge is -2.31. The minimum atomic E-state index is -1.02. The van der Waals surface area contributed by atoms with Crippen LogP contribution in [-0.4, -0.2) is 54.4 Å². The zero-order valence-corrected chi connectivity index (χ0v) is 11.0. The van der Waals surface area contributed by atoms with Crippen molar-refractivity contribution in [2.45, 2.75) is 26.3 Å². The van der Waals surface area contributed by atoms with Crippen molar-refractivity contribution in [2.75, 3.05) is 19.7 Å². The Bertz CT molecular complexity index is 396. The standard InChI is InChI=1S/C11H18N4O4/c1-3-5-15-10(17)8(9(12)14-11(15)18)13-6-7(16)19-4-2/h8,13H,3-6H2,1-2H3,(H2,12,14,18). The lowest BCUT2D eigenvalue weighted by Crippen LogP contribution is -2.65. The first-order chi connectivity index (χ1) is 9.01. The molecule has 19 heavy (non-hydrogen) atoms. The fourth-order valence-corrected chi connectivity index (χ4v) is 1.66. The normalized spacial score (nSPS) is 19.4. The molecule has 0 saturated carbocycles. The lowest BCUT2D eigenvalue weighted by atomic mass is 10.1. The summed E-state index contributed by atoms with van der Waals surface area (Å²) in [7, 11) is 0. The zero-order valence-electron chi connectivity index (χ0n) is 11.0. The van der Waals surface area contributed by atoms with Crippen LogP contribution >= 0.6 is 0 Å². The first-order valence-electron chi connectivity index (χ1n) is 6.11. The number of carbonyl (C=O) groups is 3. The Morgan fingerprint density at radius 3 is 2.74 bits per heavy atom. The highest BCUT2D eigenvalue weighted by Gasteiger charge is 2.37. The summed E-state index contributed by atoms with van der Waals surface area (Å²) in [6.07, 6.45) is 0.622. The van der Waals surface area contributed by atoms with Crippen molar-refractivity contribution in [1.82, 2.24) is 15.5 Å². The molecule has 0 aliphatic carbocycles. The molecule has 0 aromatic rings. The smallest absolute Gasteiger partial charge is 0.329 e. The molecule has 0 bridgehead atoms. The molecular weight excluding hydrogens is 252 g/mol. The quantitative estimate of drug-likeness (QED) is 0.560. The average molecular weight is 270 g/mol. The largest absolute Gasteiger partial charge is 0.465 e. The van der Waals surface area contributed by atoms with Gasteiger partial charge in [0.1, 0.15) is 11.9 Å². The molecule has 0 radical (unpaired) electrons. The van der Waals surface area contributed by atoms with Gasteiger partial charge in [-0.3, -0.25) is 30.5 Å². The number of carbonyl (C=O) groups excluding carboxylic acids is 3. The molecule has 1 unspecified atom stereocenters. The van der Waals surface area contributed by atoms with E-state index in [1.54, 1.807) is 6.92 Å². The van der Waals surface area contributed by atoms with Crippen LogP contribution in [0.4, 0.5) is 4.79 Å². The summed E-state index contributed by atoms with van der Waals surface area (Å²) in [5.74, 6) is -1.30. The van der Waals surface area contributed by atoms with Crippen LogP contribution in [0.25, 0.3) is 0 Å². The molecule has 1 aliphatic heterocycles. The second-order valence-electron chi connectivity index (χ2n) is 3.95. The summed E-state index contributed by atoms with van der Waals surface area (Å²) >= 11 is 0. The van der Waals surface area contributed by atoms with Gasteiger partial charge in [0.05, 0.1) is 13.2 Å². The van der Waals surface area contributed by atoms with Crippen molar-refractivity contribution >= 4 is 23.7 Å². The molecule has 0 aromatic heterocycles. The van der Waals surface area contributed by atoms with Crippen LogP contribution in [0.2, 0.25) is 0 Å². The van der Waals surface area contributed by atoms with Gasteiger partial charge in [-0.1, -0.05) is 6.92 Å². The van der Waals surface area contributed by atoms with Gasteiger partial charge in [-0.2, -0.15) is 0 Å². The summed E-state index contributed by atoms with van der Waals surface area (Å²) in [6.45, 7) is 3.84. The molecule has 8 nitrogen and oxygen atoms in total. The fourth-order valence-electron chi connectivity index (χ4n) is 1.66. The molecule has 1 saturated heterocycles. The first kappa shape index (κ1) is 15.1. The van der Waals surface area contributed by atoms with E-state index in [0.717, 1.165) is 4.90 Å². The van der Waals surface area contributed by atoms with E-state index in [1.807, 2.05) is 6.92 Å². The van der Waals surface area contributed by atoms with Gasteiger partial charge < -0.3 is 4.74 Å². The summed E-state index contributed by atoms with van der Waals surface area (Å²) < 4.78 is 4.71. The van der Waals surface area contributed by atoms with Crippen LogP contribution < -0.4 is 10.6 Å². The second kappa shape index (κ2) is 6.83. The maximum Gasteiger partial charge on any atom is 0.329 e. The highest BCUT2D eigenvalue weighted by Crippen LogP contribution is 2.05. The van der Waals surface area contributed by atoms with Crippen LogP contribution in [0, 0.1) is 5.41 Å². The number of ether oxygens (including phenoxy) is 1. The molecule has 3 amide bonds. The Labute approximate surface area is 111 Å². The summed E-state index contributed by atoms with van der Waals surface area (Å²) in [5.41, 5.74) is 0. The molecule has 8 heteroatoms. The van der Waals surface area contributed by atoms with Gasteiger partial charge in [0.25, 0.3) is 5.91 Å². The van der Waals surface area contributed by atoms with Crippen molar-refractivity contribution < 1.29 is 19.1 Å². The van der Waals surface area contributed by atoms with E-state index in [2.05, 4.69) is 10.6 Å². The first-order valence-corrected chi connectivity index (χ1v) is 6.11. The Hall–Kier alpha value is -1.96. The van der Waals surface area contributed by atoms with E-state index in [4.69, 9.17) is 10.1 Å². The van der Waals surface area contributed by atoms with Gasteiger partial charge in [0.2, 0.25) is 0 Å². The SMILES string of the molecule is CCCN1C(=O)NC(=N)C(NCC(=O)OCC)C1=O. The molecule has 0 aromatic carbocycles. The van der Waals surface area contributed by atoms with Crippen molar-refractivity contribution in [3.8, 4) is 0 Å². The van der Waals surface area contributed by atoms with Gasteiger partial charge in [0, 0.05) is 6.54 Å². The number of rotatable bonds is 6.